The van der Waals surface area contributed by atoms with E-state index in [0.717, 1.165) is 177 Å². The van der Waals surface area contributed by atoms with E-state index in [1.165, 1.54) is 61.9 Å². The van der Waals surface area contributed by atoms with Gasteiger partial charge in [0.05, 0.1) is 21.0 Å². The van der Waals surface area contributed by atoms with Crippen molar-refractivity contribution < 1.29 is 47.2 Å². The number of nitrogens with one attached hydrogen (secondary N) is 1. The Kier molecular flexibility index (Phi) is 30.1. The molecule has 24 nitrogen and oxygen atoms in total. The topological polar surface area (TPSA) is 297 Å². The summed E-state index contributed by atoms with van der Waals surface area (Å²) in [4.78, 5) is 53.6. The molecule has 0 saturated carbocycles. The number of halogens is 3. The monoisotopic (exact) mass is 1940 g/mol. The number of rotatable bonds is 17. The Morgan fingerprint density at radius 3 is 1.31 bits per heavy atom. The van der Waals surface area contributed by atoms with Crippen LogP contribution in [0.5, 0.6) is 0 Å². The van der Waals surface area contributed by atoms with Gasteiger partial charge in [-0.3, -0.25) is 24.3 Å². The SMILES string of the molecule is CN1CCN(Cc2ccc(-c3c[nH]c4ncc(-c5ccc(C(N)=O)cc5)cc34)cc2)CC1.CN1CCN(Cc2ccc(B3OC(C)(C)C(C)(C)O3)cc2)CC1.Cc1ccc(S(=O)(=O)n2cc(-c3ccc(CN4CCN(C)CC4)cc3)c3cc(Br)cnc32)cc1.Cc1ccc(S(=O)(=O)n2cc(I)c3cc(Br)cnc32)cc1.NC(=O)c1ccc(B(O)O)cc1.[2H]C. The van der Waals surface area contributed by atoms with Gasteiger partial charge in [0.15, 0.2) is 11.3 Å². The van der Waals surface area contributed by atoms with E-state index in [9.17, 15) is 26.4 Å². The molecule has 4 saturated heterocycles. The minimum atomic E-state index is -3.79. The standard InChI is InChI=1S/C26H27BrN4O2S.C26H27N5O.C18H29BN2O2.C14H10BrIN2O2S.C7H8BNO3.CH4/c1-19-3-9-23(10-4-19)34(32,33)31-18-25(24-15-22(27)16-28-26(24)31)21-7-5-20(6-8-21)17-30-13-11-29(2)12-14-30;1-30-10-12-31(13-11-30)17-18-2-4-20(5-3-18)24-16-29-26-23(24)14-22(15-28-26)19-6-8-21(9-7-19)25(27)32;1-17(2)18(3,4)23-19(22-17)16-8-6-15(7-9-16)14-21-12-10-20(5)11-13-21;1-9-2-4-11(5-3-9)21(19,20)18-8-13(16)12-6-10(15)7-17-14(12)18;9-7(10)5-1-3-6(4-2-5)8(11)12;/h3-10,15-16,18H,11-14,17H2,1-2H3;2-9,14-16H,10-13,17H2,1H3,(H2,27,32)(H,28,29);6-9H,10-14H2,1-5H3;2-8H,1H3;1-4,11-12H,(H2,9,10);1H4/i;;;;;1D. The number of carbonyl (C=O) groups is 2. The number of nitrogens with two attached hydrogens (primary N) is 2. The van der Waals surface area contributed by atoms with Crippen molar-refractivity contribution in [3.8, 4) is 33.4 Å². The number of amides is 2. The summed E-state index contributed by atoms with van der Waals surface area (Å²) >= 11 is 8.96. The van der Waals surface area contributed by atoms with Crippen molar-refractivity contribution in [1.29, 1.82) is 0 Å². The number of aryl methyl sites for hydroxylation is 2. The van der Waals surface area contributed by atoms with Crippen molar-refractivity contribution in [2.24, 2.45) is 11.5 Å². The Morgan fingerprint density at radius 1 is 0.504 bits per heavy atom. The number of H-pyrrole nitrogens is 1. The second-order valence-electron chi connectivity index (χ2n) is 32.4. The van der Waals surface area contributed by atoms with Crippen LogP contribution in [0.15, 0.2) is 244 Å². The maximum absolute atomic E-state index is 13.5. The fourth-order valence-corrected chi connectivity index (χ4v) is 18.7. The first kappa shape index (κ1) is 91.6. The van der Waals surface area contributed by atoms with Gasteiger partial charge < -0.3 is 50.5 Å². The van der Waals surface area contributed by atoms with Crippen molar-refractivity contribution in [2.45, 2.75) is 89.6 Å². The van der Waals surface area contributed by atoms with Crippen molar-refractivity contribution >= 4 is 145 Å². The molecular formula is C92H105B2Br2IN14O10S2. The van der Waals surface area contributed by atoms with Crippen molar-refractivity contribution in [3.05, 3.63) is 277 Å². The van der Waals surface area contributed by atoms with E-state index in [1.807, 2.05) is 62.6 Å². The number of likely N-dealkylation sites (N-methyl/N-ethyl adjacent to an activating group) is 3. The molecule has 0 bridgehead atoms. The Bertz CT molecular complexity index is 6040. The Morgan fingerprint density at radius 2 is 0.886 bits per heavy atom. The van der Waals surface area contributed by atoms with Crippen LogP contribution in [0, 0.1) is 17.4 Å². The molecular weight excluding hydrogens is 1830 g/mol. The molecule has 6 aromatic heterocycles. The molecule has 4 fully saturated rings. The normalized spacial score (nSPS) is 16.0. The van der Waals surface area contributed by atoms with Crippen LogP contribution in [-0.4, -0.2) is 221 Å². The van der Waals surface area contributed by atoms with Crippen LogP contribution in [0.25, 0.3) is 66.5 Å². The molecule has 642 valence electrons. The quantitative estimate of drug-likeness (QED) is 0.0418. The number of primary amides is 2. The zero-order valence-electron chi connectivity index (χ0n) is 71.8. The first-order valence-corrected chi connectivity index (χ1v) is 45.8. The summed E-state index contributed by atoms with van der Waals surface area (Å²) < 4.78 is 75.5. The predicted molar refractivity (Wildman–Crippen MR) is 508 cm³/mol. The zero-order chi connectivity index (χ0) is 89.0. The van der Waals surface area contributed by atoms with Gasteiger partial charge in [-0.25, -0.2) is 39.7 Å². The third-order valence-corrected chi connectivity index (χ3v) is 27.9. The maximum atomic E-state index is 13.5. The third kappa shape index (κ3) is 23.0. The first-order valence-electron chi connectivity index (χ1n) is 41.3. The number of aromatic nitrogens is 6. The van der Waals surface area contributed by atoms with Crippen LogP contribution in [0.3, 0.4) is 0 Å². The van der Waals surface area contributed by atoms with Gasteiger partial charge in [-0.15, -0.1) is 0 Å². The molecule has 17 rings (SSSR count). The van der Waals surface area contributed by atoms with E-state index >= 15 is 0 Å². The Balaban J connectivity index is 0.000000145. The minimum absolute atomic E-state index is 0.244. The molecule has 0 spiro atoms. The minimum Gasteiger partial charge on any atom is -0.423 e. The van der Waals surface area contributed by atoms with Gasteiger partial charge in [0.1, 0.15) is 5.65 Å². The molecule has 2 amide bonds. The third-order valence-electron chi connectivity index (χ3n) is 22.8. The van der Waals surface area contributed by atoms with E-state index in [2.05, 4.69) is 231 Å². The number of hydrogen-bond acceptors (Lipinski definition) is 19. The van der Waals surface area contributed by atoms with E-state index in [1.54, 1.807) is 73.3 Å². The molecule has 31 heteroatoms. The van der Waals surface area contributed by atoms with Gasteiger partial charge in [0.2, 0.25) is 11.8 Å². The number of hydrogen-bond donors (Lipinski definition) is 5. The number of benzene rings is 7. The number of carbonyl (C=O) groups excluding carboxylic acids is 2. The Hall–Kier alpha value is -9.13. The van der Waals surface area contributed by atoms with Gasteiger partial charge in [0, 0.05) is 193 Å². The van der Waals surface area contributed by atoms with Crippen molar-refractivity contribution in [2.75, 3.05) is 99.7 Å². The molecule has 0 aliphatic carbocycles. The maximum Gasteiger partial charge on any atom is 0.494 e. The molecule has 10 heterocycles. The highest BCUT2D eigenvalue weighted by Gasteiger charge is 2.51. The number of nitrogens with zero attached hydrogens (tertiary/aromatic N) is 11. The van der Waals surface area contributed by atoms with E-state index in [4.69, 9.17) is 32.2 Å². The molecule has 4 aliphatic rings. The average molecular weight is 1940 g/mol. The molecule has 0 unspecified atom stereocenters. The van der Waals surface area contributed by atoms with Crippen LogP contribution in [0.2, 0.25) is 0 Å². The highest BCUT2D eigenvalue weighted by Crippen LogP contribution is 2.39. The molecule has 7 aromatic carbocycles. The van der Waals surface area contributed by atoms with Crippen LogP contribution in [0.1, 0.15) is 85.0 Å². The fraction of sp³-hybridized carbons (Fsp3) is 0.293. The highest BCUT2D eigenvalue weighted by atomic mass is 127. The van der Waals surface area contributed by atoms with E-state index in [-0.39, 0.29) is 28.1 Å². The van der Waals surface area contributed by atoms with Crippen LogP contribution >= 0.6 is 54.5 Å². The summed E-state index contributed by atoms with van der Waals surface area (Å²) in [6.45, 7) is 28.6. The molecule has 0 radical (unpaired) electrons. The number of fused-ring (bicyclic) bond motifs is 3. The lowest BCUT2D eigenvalue weighted by Crippen LogP contribution is -2.43. The van der Waals surface area contributed by atoms with Gasteiger partial charge >= 0.3 is 14.2 Å². The van der Waals surface area contributed by atoms with Crippen LogP contribution in [-0.2, 0) is 49.0 Å². The van der Waals surface area contributed by atoms with E-state index in [0.29, 0.717) is 27.9 Å². The molecule has 7 N–H and O–H groups in total. The summed E-state index contributed by atoms with van der Waals surface area (Å²) in [5.41, 5.74) is 25.8. The summed E-state index contributed by atoms with van der Waals surface area (Å²) in [6.07, 6.45) is 10.4. The molecule has 13 aromatic rings. The van der Waals surface area contributed by atoms with Crippen LogP contribution < -0.4 is 22.4 Å². The lowest BCUT2D eigenvalue weighted by molar-refractivity contribution is 0.00578. The van der Waals surface area contributed by atoms with Crippen LogP contribution in [0.4, 0.5) is 0 Å². The summed E-state index contributed by atoms with van der Waals surface area (Å²) in [5, 5.41) is 20.1. The van der Waals surface area contributed by atoms with Gasteiger partial charge in [-0.05, 0) is 228 Å². The predicted octanol–water partition coefficient (Wildman–Crippen LogP) is 13.3. The summed E-state index contributed by atoms with van der Waals surface area (Å²) in [6, 6.07) is 58.7. The number of piperazine rings is 3. The second-order valence-corrected chi connectivity index (χ2v) is 39.0. The first-order chi connectivity index (χ1) is 59.1. The molecule has 4 aliphatic heterocycles. The van der Waals surface area contributed by atoms with Gasteiger partial charge in [-0.1, -0.05) is 140 Å². The zero-order valence-corrected chi connectivity index (χ0v) is 77.8. The largest absolute Gasteiger partial charge is 0.494 e. The highest BCUT2D eigenvalue weighted by molar-refractivity contribution is 14.1. The number of aromatic amines is 1. The molecule has 0 atom stereocenters. The van der Waals surface area contributed by atoms with Gasteiger partial charge in [0.25, 0.3) is 20.0 Å². The van der Waals surface area contributed by atoms with Gasteiger partial charge in [-0.2, -0.15) is 0 Å². The molecule has 123 heavy (non-hydrogen) atoms. The Labute approximate surface area is 753 Å². The summed E-state index contributed by atoms with van der Waals surface area (Å²) in [7, 11) is -1.41. The number of pyridine rings is 3. The summed E-state index contributed by atoms with van der Waals surface area (Å²) in [5.74, 6) is -0.955. The second kappa shape index (κ2) is 40.5. The fourth-order valence-electron chi connectivity index (χ4n) is 14.5. The lowest BCUT2D eigenvalue weighted by atomic mass is 9.79. The average Bonchev–Trinajstić information content (AvgIpc) is 1.58. The van der Waals surface area contributed by atoms with Crippen molar-refractivity contribution in [1.82, 2.24) is 57.3 Å². The lowest BCUT2D eigenvalue weighted by Gasteiger charge is -2.32. The van der Waals surface area contributed by atoms with Crippen molar-refractivity contribution in [3.63, 3.8) is 0 Å². The smallest absolute Gasteiger partial charge is 0.423 e. The van der Waals surface area contributed by atoms with E-state index < -0.39 is 39.0 Å².